The van der Waals surface area contributed by atoms with Crippen LogP contribution in [-0.4, -0.2) is 41.0 Å². The van der Waals surface area contributed by atoms with Crippen molar-refractivity contribution < 1.29 is 4.79 Å². The fourth-order valence-corrected chi connectivity index (χ4v) is 2.18. The maximum absolute atomic E-state index is 12.1. The van der Waals surface area contributed by atoms with Gasteiger partial charge in [0.1, 0.15) is 0 Å². The molecular formula is C15H25N3O. The van der Waals surface area contributed by atoms with E-state index in [0.29, 0.717) is 24.2 Å². The van der Waals surface area contributed by atoms with E-state index in [4.69, 9.17) is 5.84 Å². The number of nitrogens with zero attached hydrogens (tertiary/aromatic N) is 2. The van der Waals surface area contributed by atoms with E-state index in [-0.39, 0.29) is 5.91 Å². The van der Waals surface area contributed by atoms with Crippen LogP contribution in [0.25, 0.3) is 0 Å². The summed E-state index contributed by atoms with van der Waals surface area (Å²) in [5.74, 6) is 5.72. The van der Waals surface area contributed by atoms with Crippen molar-refractivity contribution in [2.24, 2.45) is 5.84 Å². The summed E-state index contributed by atoms with van der Waals surface area (Å²) in [7, 11) is 0. The van der Waals surface area contributed by atoms with Crippen LogP contribution in [0.4, 0.5) is 0 Å². The van der Waals surface area contributed by atoms with E-state index in [1.165, 1.54) is 5.01 Å². The molecule has 1 aromatic rings. The number of benzene rings is 1. The quantitative estimate of drug-likeness (QED) is 0.486. The van der Waals surface area contributed by atoms with E-state index in [1.807, 2.05) is 18.2 Å². The summed E-state index contributed by atoms with van der Waals surface area (Å²) < 4.78 is 0. The van der Waals surface area contributed by atoms with Crippen molar-refractivity contribution in [2.75, 3.05) is 13.1 Å². The molecule has 1 rings (SSSR count). The number of hydrazine groups is 1. The minimum absolute atomic E-state index is 0.131. The maximum Gasteiger partial charge on any atom is 0.267 e. The van der Waals surface area contributed by atoms with Crippen molar-refractivity contribution in [3.8, 4) is 0 Å². The summed E-state index contributed by atoms with van der Waals surface area (Å²) in [5, 5.41) is 1.30. The number of carbonyl (C=O) groups excluding carboxylic acids is 1. The number of hydrogen-bond acceptors (Lipinski definition) is 3. The molecule has 0 atom stereocenters. The van der Waals surface area contributed by atoms with Crippen LogP contribution < -0.4 is 5.84 Å². The highest BCUT2D eigenvalue weighted by Gasteiger charge is 2.16. The minimum atomic E-state index is -0.131. The van der Waals surface area contributed by atoms with Crippen LogP contribution in [0.1, 0.15) is 38.1 Å². The Morgan fingerprint density at radius 2 is 1.58 bits per heavy atom. The molecule has 0 fully saturated rings. The number of nitrogens with two attached hydrogens (primary N) is 1. The maximum atomic E-state index is 12.1. The molecule has 0 unspecified atom stereocenters. The lowest BCUT2D eigenvalue weighted by Crippen LogP contribution is -2.46. The van der Waals surface area contributed by atoms with Crippen LogP contribution in [0, 0.1) is 0 Å². The molecule has 0 aromatic heterocycles. The van der Waals surface area contributed by atoms with E-state index in [2.05, 4.69) is 32.6 Å². The molecule has 0 aliphatic carbocycles. The molecule has 0 radical (unpaired) electrons. The lowest BCUT2D eigenvalue weighted by Gasteiger charge is -2.31. The monoisotopic (exact) mass is 263 g/mol. The fourth-order valence-electron chi connectivity index (χ4n) is 2.18. The van der Waals surface area contributed by atoms with Gasteiger partial charge in [-0.05, 0) is 39.8 Å². The van der Waals surface area contributed by atoms with E-state index in [0.717, 1.165) is 6.54 Å². The summed E-state index contributed by atoms with van der Waals surface area (Å²) in [5.41, 5.74) is 0.630. The largest absolute Gasteiger partial charge is 0.297 e. The van der Waals surface area contributed by atoms with E-state index in [1.54, 1.807) is 12.1 Å². The van der Waals surface area contributed by atoms with Crippen LogP contribution >= 0.6 is 0 Å². The predicted octanol–water partition coefficient (Wildman–Crippen LogP) is 2.12. The Labute approximate surface area is 116 Å². The topological polar surface area (TPSA) is 49.6 Å². The van der Waals surface area contributed by atoms with Gasteiger partial charge in [0.2, 0.25) is 0 Å². The Balaban J connectivity index is 2.55. The molecule has 0 saturated heterocycles. The molecule has 0 aliphatic heterocycles. The molecule has 0 bridgehead atoms. The predicted molar refractivity (Wildman–Crippen MR) is 78.6 cm³/mol. The summed E-state index contributed by atoms with van der Waals surface area (Å²) in [6.07, 6.45) is 0. The fraction of sp³-hybridized carbons (Fsp3) is 0.533. The van der Waals surface area contributed by atoms with Crippen LogP contribution in [-0.2, 0) is 0 Å². The number of hydrogen-bond donors (Lipinski definition) is 1. The Hall–Kier alpha value is -1.39. The average molecular weight is 263 g/mol. The standard InChI is InChI=1S/C15H25N3O/c1-12(2)17(13(3)4)10-11-18(16)15(19)14-8-6-5-7-9-14/h5-9,12-13H,10-11,16H2,1-4H3. The van der Waals surface area contributed by atoms with Gasteiger partial charge < -0.3 is 0 Å². The highest BCUT2D eigenvalue weighted by atomic mass is 16.2. The van der Waals surface area contributed by atoms with Gasteiger partial charge in [-0.25, -0.2) is 5.84 Å². The van der Waals surface area contributed by atoms with Crippen molar-refractivity contribution in [3.63, 3.8) is 0 Å². The summed E-state index contributed by atoms with van der Waals surface area (Å²) >= 11 is 0. The second-order valence-electron chi connectivity index (χ2n) is 5.29. The van der Waals surface area contributed by atoms with Gasteiger partial charge in [-0.15, -0.1) is 0 Å². The lowest BCUT2D eigenvalue weighted by atomic mass is 10.2. The molecular weight excluding hydrogens is 238 g/mol. The van der Waals surface area contributed by atoms with Gasteiger partial charge in [-0.3, -0.25) is 14.7 Å². The Kier molecular flexibility index (Phi) is 5.99. The molecule has 0 saturated carbocycles. The molecule has 0 aliphatic rings. The molecule has 1 amide bonds. The van der Waals surface area contributed by atoms with Crippen molar-refractivity contribution >= 4 is 5.91 Å². The van der Waals surface area contributed by atoms with E-state index >= 15 is 0 Å². The molecule has 2 N–H and O–H groups in total. The summed E-state index contributed by atoms with van der Waals surface area (Å²) in [6, 6.07) is 10.0. The minimum Gasteiger partial charge on any atom is -0.297 e. The van der Waals surface area contributed by atoms with Crippen molar-refractivity contribution in [2.45, 2.75) is 39.8 Å². The second-order valence-corrected chi connectivity index (χ2v) is 5.29. The Morgan fingerprint density at radius 1 is 1.05 bits per heavy atom. The first-order valence-electron chi connectivity index (χ1n) is 6.80. The normalized spacial score (nSPS) is 11.4. The van der Waals surface area contributed by atoms with Crippen LogP contribution in [0.15, 0.2) is 30.3 Å². The molecule has 0 spiro atoms. The first-order valence-corrected chi connectivity index (χ1v) is 6.80. The molecule has 0 heterocycles. The smallest absolute Gasteiger partial charge is 0.267 e. The average Bonchev–Trinajstić information content (AvgIpc) is 2.38. The van der Waals surface area contributed by atoms with Gasteiger partial charge in [-0.2, -0.15) is 0 Å². The number of carbonyl (C=O) groups is 1. The van der Waals surface area contributed by atoms with Gasteiger partial charge >= 0.3 is 0 Å². The molecule has 4 nitrogen and oxygen atoms in total. The summed E-state index contributed by atoms with van der Waals surface area (Å²) in [6.45, 7) is 9.92. The number of rotatable bonds is 6. The third-order valence-corrected chi connectivity index (χ3v) is 3.21. The van der Waals surface area contributed by atoms with Crippen LogP contribution in [0.3, 0.4) is 0 Å². The van der Waals surface area contributed by atoms with Crippen LogP contribution in [0.5, 0.6) is 0 Å². The van der Waals surface area contributed by atoms with Crippen LogP contribution in [0.2, 0.25) is 0 Å². The van der Waals surface area contributed by atoms with E-state index in [9.17, 15) is 4.79 Å². The zero-order valence-electron chi connectivity index (χ0n) is 12.3. The second kappa shape index (κ2) is 7.26. The highest BCUT2D eigenvalue weighted by Crippen LogP contribution is 2.06. The van der Waals surface area contributed by atoms with Gasteiger partial charge in [0.15, 0.2) is 0 Å². The lowest BCUT2D eigenvalue weighted by molar-refractivity contribution is 0.0708. The van der Waals surface area contributed by atoms with Crippen molar-refractivity contribution in [3.05, 3.63) is 35.9 Å². The third-order valence-electron chi connectivity index (χ3n) is 3.21. The first kappa shape index (κ1) is 15.7. The SMILES string of the molecule is CC(C)N(CCN(N)C(=O)c1ccccc1)C(C)C. The van der Waals surface area contributed by atoms with Gasteiger partial charge in [0.25, 0.3) is 5.91 Å². The molecule has 19 heavy (non-hydrogen) atoms. The highest BCUT2D eigenvalue weighted by molar-refractivity contribution is 5.93. The molecule has 1 aromatic carbocycles. The van der Waals surface area contributed by atoms with Crippen molar-refractivity contribution in [1.82, 2.24) is 9.91 Å². The zero-order chi connectivity index (χ0) is 14.4. The van der Waals surface area contributed by atoms with Gasteiger partial charge in [0, 0.05) is 24.2 Å². The Bertz CT molecular complexity index is 382. The Morgan fingerprint density at radius 3 is 2.05 bits per heavy atom. The zero-order valence-corrected chi connectivity index (χ0v) is 12.3. The molecule has 4 heteroatoms. The summed E-state index contributed by atoms with van der Waals surface area (Å²) in [4.78, 5) is 14.4. The van der Waals surface area contributed by atoms with Crippen molar-refractivity contribution in [1.29, 1.82) is 0 Å². The third kappa shape index (κ3) is 4.65. The number of amides is 1. The van der Waals surface area contributed by atoms with E-state index < -0.39 is 0 Å². The molecule has 106 valence electrons. The van der Waals surface area contributed by atoms with Gasteiger partial charge in [-0.1, -0.05) is 18.2 Å². The first-order chi connectivity index (χ1) is 8.93. The van der Waals surface area contributed by atoms with Gasteiger partial charge in [0.05, 0.1) is 6.54 Å².